The number of ketones is 1. The Kier molecular flexibility index (Phi) is 2.22. The van der Waals surface area contributed by atoms with E-state index in [9.17, 15) is 4.79 Å². The Morgan fingerprint density at radius 1 is 1.67 bits per heavy atom. The van der Waals surface area contributed by atoms with Crippen molar-refractivity contribution in [1.82, 2.24) is 0 Å². The predicted octanol–water partition coefficient (Wildman–Crippen LogP) is 1.14. The molecule has 0 aromatic heterocycles. The molecule has 2 heteroatoms. The lowest BCUT2D eigenvalue weighted by Crippen LogP contribution is -2.31. The van der Waals surface area contributed by atoms with Gasteiger partial charge in [-0.25, -0.2) is 0 Å². The molecule has 0 atom stereocenters. The SMILES string of the molecule is CCCOC1CC(=O)C1. The van der Waals surface area contributed by atoms with Gasteiger partial charge < -0.3 is 4.74 Å². The number of Topliss-reactive ketones (excluding diaryl/α,β-unsaturated/α-hetero) is 1. The molecule has 0 aromatic rings. The van der Waals surface area contributed by atoms with Crippen molar-refractivity contribution in [2.75, 3.05) is 6.61 Å². The van der Waals surface area contributed by atoms with Gasteiger partial charge in [0.2, 0.25) is 0 Å². The van der Waals surface area contributed by atoms with Crippen molar-refractivity contribution in [1.29, 1.82) is 0 Å². The maximum absolute atomic E-state index is 10.4. The van der Waals surface area contributed by atoms with Crippen LogP contribution in [0, 0.1) is 0 Å². The average molecular weight is 128 g/mol. The van der Waals surface area contributed by atoms with E-state index in [1.807, 2.05) is 0 Å². The highest BCUT2D eigenvalue weighted by Gasteiger charge is 2.26. The standard InChI is InChI=1S/C7H12O2/c1-2-3-9-7-4-6(8)5-7/h7H,2-5H2,1H3. The summed E-state index contributed by atoms with van der Waals surface area (Å²) >= 11 is 0. The van der Waals surface area contributed by atoms with Crippen LogP contribution in [0.1, 0.15) is 26.2 Å². The molecule has 1 aliphatic carbocycles. The lowest BCUT2D eigenvalue weighted by molar-refractivity contribution is -0.134. The lowest BCUT2D eigenvalue weighted by atomic mass is 9.94. The van der Waals surface area contributed by atoms with Crippen molar-refractivity contribution in [3.63, 3.8) is 0 Å². The molecular weight excluding hydrogens is 116 g/mol. The maximum atomic E-state index is 10.4. The molecule has 0 N–H and O–H groups in total. The Morgan fingerprint density at radius 2 is 2.33 bits per heavy atom. The minimum Gasteiger partial charge on any atom is -0.377 e. The first-order chi connectivity index (χ1) is 4.33. The number of hydrogen-bond acceptors (Lipinski definition) is 2. The van der Waals surface area contributed by atoms with Gasteiger partial charge in [0, 0.05) is 19.4 Å². The van der Waals surface area contributed by atoms with Crippen LogP contribution in [0.25, 0.3) is 0 Å². The number of hydrogen-bond donors (Lipinski definition) is 0. The second-order valence-corrected chi connectivity index (χ2v) is 2.44. The molecule has 0 amide bonds. The van der Waals surface area contributed by atoms with Crippen molar-refractivity contribution in [2.45, 2.75) is 32.3 Å². The Hall–Kier alpha value is -0.370. The van der Waals surface area contributed by atoms with Crippen LogP contribution >= 0.6 is 0 Å². The van der Waals surface area contributed by atoms with E-state index < -0.39 is 0 Å². The van der Waals surface area contributed by atoms with Crippen molar-refractivity contribution < 1.29 is 9.53 Å². The number of rotatable bonds is 3. The molecule has 0 unspecified atom stereocenters. The van der Waals surface area contributed by atoms with Crippen LogP contribution in [0.5, 0.6) is 0 Å². The summed E-state index contributed by atoms with van der Waals surface area (Å²) in [6.07, 6.45) is 2.61. The second-order valence-electron chi connectivity index (χ2n) is 2.44. The van der Waals surface area contributed by atoms with Gasteiger partial charge in [0.25, 0.3) is 0 Å². The average Bonchev–Trinajstić information content (AvgIpc) is 1.78. The molecule has 0 bridgehead atoms. The van der Waals surface area contributed by atoms with Crippen LogP contribution in [0.3, 0.4) is 0 Å². The van der Waals surface area contributed by atoms with E-state index in [-0.39, 0.29) is 6.10 Å². The minimum absolute atomic E-state index is 0.262. The highest BCUT2D eigenvalue weighted by molar-refractivity contribution is 5.85. The minimum atomic E-state index is 0.262. The molecule has 1 saturated carbocycles. The molecule has 0 saturated heterocycles. The predicted molar refractivity (Wildman–Crippen MR) is 34.3 cm³/mol. The lowest BCUT2D eigenvalue weighted by Gasteiger charge is -2.23. The summed E-state index contributed by atoms with van der Waals surface area (Å²) in [6, 6.07) is 0. The molecule has 1 aliphatic rings. The second kappa shape index (κ2) is 2.97. The van der Waals surface area contributed by atoms with Crippen LogP contribution < -0.4 is 0 Å². The summed E-state index contributed by atoms with van der Waals surface area (Å²) in [5, 5.41) is 0. The third-order valence-electron chi connectivity index (χ3n) is 1.47. The molecule has 0 heterocycles. The Morgan fingerprint density at radius 3 is 2.78 bits per heavy atom. The molecule has 1 rings (SSSR count). The van der Waals surface area contributed by atoms with Crippen molar-refractivity contribution in [2.24, 2.45) is 0 Å². The highest BCUT2D eigenvalue weighted by atomic mass is 16.5. The normalized spacial score (nSPS) is 19.9. The van der Waals surface area contributed by atoms with Gasteiger partial charge in [-0.1, -0.05) is 6.92 Å². The molecule has 0 aromatic carbocycles. The quantitative estimate of drug-likeness (QED) is 0.569. The van der Waals surface area contributed by atoms with Gasteiger partial charge in [0.1, 0.15) is 5.78 Å². The molecule has 0 radical (unpaired) electrons. The molecule has 0 spiro atoms. The number of carbonyl (C=O) groups excluding carboxylic acids is 1. The zero-order valence-electron chi connectivity index (χ0n) is 5.72. The summed E-state index contributed by atoms with van der Waals surface area (Å²) < 4.78 is 5.28. The first-order valence-corrected chi connectivity index (χ1v) is 3.46. The largest absolute Gasteiger partial charge is 0.377 e. The molecule has 9 heavy (non-hydrogen) atoms. The van der Waals surface area contributed by atoms with Gasteiger partial charge in [-0.2, -0.15) is 0 Å². The van der Waals surface area contributed by atoms with Crippen LogP contribution in [0.15, 0.2) is 0 Å². The molecule has 2 nitrogen and oxygen atoms in total. The van der Waals surface area contributed by atoms with Crippen molar-refractivity contribution in [3.05, 3.63) is 0 Å². The zero-order valence-corrected chi connectivity index (χ0v) is 5.72. The van der Waals surface area contributed by atoms with Crippen LogP contribution in [-0.4, -0.2) is 18.5 Å². The zero-order chi connectivity index (χ0) is 6.69. The van der Waals surface area contributed by atoms with E-state index in [0.717, 1.165) is 13.0 Å². The first kappa shape index (κ1) is 6.75. The molecule has 0 aliphatic heterocycles. The molecular formula is C7H12O2. The van der Waals surface area contributed by atoms with Crippen LogP contribution in [-0.2, 0) is 9.53 Å². The Balaban J connectivity index is 1.97. The summed E-state index contributed by atoms with van der Waals surface area (Å²) in [7, 11) is 0. The van der Waals surface area contributed by atoms with E-state index in [0.29, 0.717) is 18.6 Å². The van der Waals surface area contributed by atoms with Crippen molar-refractivity contribution >= 4 is 5.78 Å². The highest BCUT2D eigenvalue weighted by Crippen LogP contribution is 2.17. The Bertz CT molecular complexity index is 101. The molecule has 52 valence electrons. The summed E-state index contributed by atoms with van der Waals surface area (Å²) in [5.41, 5.74) is 0. The summed E-state index contributed by atoms with van der Waals surface area (Å²) in [6.45, 7) is 2.87. The fourth-order valence-corrected chi connectivity index (χ4v) is 0.850. The Labute approximate surface area is 55.2 Å². The number of ether oxygens (including phenoxy) is 1. The van der Waals surface area contributed by atoms with E-state index in [1.54, 1.807) is 0 Å². The topological polar surface area (TPSA) is 26.3 Å². The summed E-state index contributed by atoms with van der Waals surface area (Å²) in [5.74, 6) is 0.344. The van der Waals surface area contributed by atoms with Crippen molar-refractivity contribution in [3.8, 4) is 0 Å². The van der Waals surface area contributed by atoms with Gasteiger partial charge in [0.05, 0.1) is 6.10 Å². The fourth-order valence-electron chi connectivity index (χ4n) is 0.850. The fraction of sp³-hybridized carbons (Fsp3) is 0.857. The van der Waals surface area contributed by atoms with Gasteiger partial charge >= 0.3 is 0 Å². The van der Waals surface area contributed by atoms with E-state index in [4.69, 9.17) is 4.74 Å². The first-order valence-electron chi connectivity index (χ1n) is 3.46. The third kappa shape index (κ3) is 1.79. The number of carbonyl (C=O) groups is 1. The van der Waals surface area contributed by atoms with Gasteiger partial charge in [-0.3, -0.25) is 4.79 Å². The smallest absolute Gasteiger partial charge is 0.138 e. The van der Waals surface area contributed by atoms with E-state index >= 15 is 0 Å². The van der Waals surface area contributed by atoms with Gasteiger partial charge in [0.15, 0.2) is 0 Å². The van der Waals surface area contributed by atoms with Crippen LogP contribution in [0.2, 0.25) is 0 Å². The maximum Gasteiger partial charge on any atom is 0.138 e. The monoisotopic (exact) mass is 128 g/mol. The summed E-state index contributed by atoms with van der Waals surface area (Å²) in [4.78, 5) is 10.4. The third-order valence-corrected chi connectivity index (χ3v) is 1.47. The van der Waals surface area contributed by atoms with E-state index in [1.165, 1.54) is 0 Å². The van der Waals surface area contributed by atoms with E-state index in [2.05, 4.69) is 6.92 Å². The van der Waals surface area contributed by atoms with Crippen LogP contribution in [0.4, 0.5) is 0 Å². The van der Waals surface area contributed by atoms with Gasteiger partial charge in [-0.15, -0.1) is 0 Å². The molecule has 1 fully saturated rings. The van der Waals surface area contributed by atoms with Gasteiger partial charge in [-0.05, 0) is 6.42 Å².